The number of unbranched alkanes of at least 4 members (excludes halogenated alkanes) is 1. The maximum Gasteiger partial charge on any atom is 0.316 e. The van der Waals surface area contributed by atoms with E-state index in [1.54, 1.807) is 0 Å². The number of hydrogen-bond donors (Lipinski definition) is 3. The molecule has 0 atom stereocenters. The van der Waals surface area contributed by atoms with Gasteiger partial charge in [0.2, 0.25) is 0 Å². The van der Waals surface area contributed by atoms with Crippen molar-refractivity contribution in [1.29, 1.82) is 0 Å². The summed E-state index contributed by atoms with van der Waals surface area (Å²) in [6.07, 6.45) is 2.13. The van der Waals surface area contributed by atoms with Crippen LogP contribution in [0.3, 0.4) is 0 Å². The molecule has 0 aliphatic rings. The monoisotopic (exact) mass is 214 g/mol. The molecule has 0 amide bonds. The lowest BCUT2D eigenvalue weighted by Crippen LogP contribution is -2.28. The van der Waals surface area contributed by atoms with Crippen molar-refractivity contribution in [2.45, 2.75) is 32.2 Å². The Kier molecular flexibility index (Phi) is 5.13. The SMILES string of the molecule is CCCCC(Cl)=C(Cl)C(O)(O)O. The molecular formula is C7H12Cl2O3. The molecule has 0 aliphatic carbocycles. The molecule has 3 nitrogen and oxygen atoms in total. The van der Waals surface area contributed by atoms with E-state index in [2.05, 4.69) is 0 Å². The zero-order valence-corrected chi connectivity index (χ0v) is 8.23. The standard InChI is InChI=1S/C7H12Cl2O3/c1-2-3-4-5(8)6(9)7(10,11)12/h10-12H,2-4H2,1H3. The number of rotatable bonds is 4. The van der Waals surface area contributed by atoms with E-state index < -0.39 is 11.0 Å². The van der Waals surface area contributed by atoms with Gasteiger partial charge in [-0.3, -0.25) is 0 Å². The van der Waals surface area contributed by atoms with E-state index >= 15 is 0 Å². The minimum atomic E-state index is -3.01. The Hall–Kier alpha value is 0.200. The highest BCUT2D eigenvalue weighted by Gasteiger charge is 2.26. The smallest absolute Gasteiger partial charge is 0.316 e. The fraction of sp³-hybridized carbons (Fsp3) is 0.714. The van der Waals surface area contributed by atoms with E-state index in [0.717, 1.165) is 12.8 Å². The summed E-state index contributed by atoms with van der Waals surface area (Å²) >= 11 is 10.9. The normalized spacial score (nSPS) is 14.5. The van der Waals surface area contributed by atoms with E-state index in [4.69, 9.17) is 38.5 Å². The van der Waals surface area contributed by atoms with E-state index in [0.29, 0.717) is 6.42 Å². The van der Waals surface area contributed by atoms with Crippen LogP contribution in [0.1, 0.15) is 26.2 Å². The van der Waals surface area contributed by atoms with Crippen LogP contribution in [0.5, 0.6) is 0 Å². The lowest BCUT2D eigenvalue weighted by molar-refractivity contribution is -0.277. The van der Waals surface area contributed by atoms with Crippen LogP contribution in [0.4, 0.5) is 0 Å². The summed E-state index contributed by atoms with van der Waals surface area (Å²) in [7, 11) is 0. The van der Waals surface area contributed by atoms with Gasteiger partial charge in [-0.2, -0.15) is 0 Å². The van der Waals surface area contributed by atoms with Crippen LogP contribution in [0.15, 0.2) is 10.1 Å². The lowest BCUT2D eigenvalue weighted by Gasteiger charge is -2.14. The third-order valence-corrected chi connectivity index (χ3v) is 2.24. The summed E-state index contributed by atoms with van der Waals surface area (Å²) in [4.78, 5) is 0. The molecule has 0 aromatic rings. The van der Waals surface area contributed by atoms with Crippen molar-refractivity contribution in [2.24, 2.45) is 0 Å². The quantitative estimate of drug-likeness (QED) is 0.622. The van der Waals surface area contributed by atoms with Crippen molar-refractivity contribution in [3.05, 3.63) is 10.1 Å². The molecule has 0 saturated heterocycles. The van der Waals surface area contributed by atoms with Crippen molar-refractivity contribution in [3.63, 3.8) is 0 Å². The molecule has 0 aliphatic heterocycles. The summed E-state index contributed by atoms with van der Waals surface area (Å²) < 4.78 is 0. The second-order valence-electron chi connectivity index (χ2n) is 2.46. The van der Waals surface area contributed by atoms with Crippen molar-refractivity contribution in [2.75, 3.05) is 0 Å². The van der Waals surface area contributed by atoms with Gasteiger partial charge in [0.25, 0.3) is 0 Å². The number of hydrogen-bond acceptors (Lipinski definition) is 3. The number of halogens is 2. The third-order valence-electron chi connectivity index (χ3n) is 1.28. The average molecular weight is 215 g/mol. The molecule has 0 heterocycles. The van der Waals surface area contributed by atoms with Crippen molar-refractivity contribution < 1.29 is 15.3 Å². The third kappa shape index (κ3) is 4.28. The molecule has 3 N–H and O–H groups in total. The highest BCUT2D eigenvalue weighted by Crippen LogP contribution is 2.25. The summed E-state index contributed by atoms with van der Waals surface area (Å²) in [5.41, 5.74) is 0. The van der Waals surface area contributed by atoms with Gasteiger partial charge >= 0.3 is 5.97 Å². The maximum atomic E-state index is 8.59. The second kappa shape index (κ2) is 5.04. The fourth-order valence-electron chi connectivity index (χ4n) is 0.624. The topological polar surface area (TPSA) is 60.7 Å². The first-order valence-electron chi connectivity index (χ1n) is 3.61. The maximum absolute atomic E-state index is 8.59. The van der Waals surface area contributed by atoms with Gasteiger partial charge in [-0.05, 0) is 12.8 Å². The minimum absolute atomic E-state index is 0.0750. The van der Waals surface area contributed by atoms with Crippen LogP contribution in [0.2, 0.25) is 0 Å². The first kappa shape index (κ1) is 12.2. The fourth-order valence-corrected chi connectivity index (χ4v) is 0.979. The van der Waals surface area contributed by atoms with E-state index in [9.17, 15) is 0 Å². The first-order valence-corrected chi connectivity index (χ1v) is 4.37. The molecule has 0 aromatic heterocycles. The zero-order chi connectivity index (χ0) is 9.78. The number of allylic oxidation sites excluding steroid dienone is 1. The van der Waals surface area contributed by atoms with Gasteiger partial charge in [0.05, 0.1) is 0 Å². The molecule has 0 aromatic carbocycles. The average Bonchev–Trinajstić information content (AvgIpc) is 1.97. The van der Waals surface area contributed by atoms with E-state index in [-0.39, 0.29) is 5.03 Å². The van der Waals surface area contributed by atoms with E-state index in [1.165, 1.54) is 0 Å². The predicted molar refractivity (Wildman–Crippen MR) is 47.6 cm³/mol. The van der Waals surface area contributed by atoms with Crippen LogP contribution in [-0.4, -0.2) is 21.3 Å². The van der Waals surface area contributed by atoms with Crippen molar-refractivity contribution in [1.82, 2.24) is 0 Å². The van der Waals surface area contributed by atoms with E-state index in [1.807, 2.05) is 6.92 Å². The van der Waals surface area contributed by atoms with Gasteiger partial charge in [-0.25, -0.2) is 0 Å². The minimum Gasteiger partial charge on any atom is -0.339 e. The Labute approximate surface area is 81.2 Å². The Morgan fingerprint density at radius 1 is 1.25 bits per heavy atom. The van der Waals surface area contributed by atoms with Gasteiger partial charge in [0, 0.05) is 5.03 Å². The predicted octanol–water partition coefficient (Wildman–Crippen LogP) is 1.50. The molecule has 0 spiro atoms. The Bertz CT molecular complexity index is 172. The zero-order valence-electron chi connectivity index (χ0n) is 6.72. The molecule has 0 rings (SSSR count). The molecule has 12 heavy (non-hydrogen) atoms. The van der Waals surface area contributed by atoms with Gasteiger partial charge in [0.15, 0.2) is 0 Å². The highest BCUT2D eigenvalue weighted by molar-refractivity contribution is 6.39. The molecular weight excluding hydrogens is 203 g/mol. The molecule has 5 heteroatoms. The summed E-state index contributed by atoms with van der Waals surface area (Å²) in [6.45, 7) is 1.96. The molecule has 0 radical (unpaired) electrons. The Morgan fingerprint density at radius 2 is 1.75 bits per heavy atom. The highest BCUT2D eigenvalue weighted by atomic mass is 35.5. The van der Waals surface area contributed by atoms with Gasteiger partial charge in [0.1, 0.15) is 5.03 Å². The molecule has 0 saturated carbocycles. The van der Waals surface area contributed by atoms with Crippen LogP contribution in [0.25, 0.3) is 0 Å². The number of aliphatic hydroxyl groups is 3. The van der Waals surface area contributed by atoms with Gasteiger partial charge in [-0.1, -0.05) is 36.5 Å². The second-order valence-corrected chi connectivity index (χ2v) is 3.29. The van der Waals surface area contributed by atoms with Crippen LogP contribution < -0.4 is 0 Å². The van der Waals surface area contributed by atoms with Crippen LogP contribution in [-0.2, 0) is 0 Å². The Morgan fingerprint density at radius 3 is 2.08 bits per heavy atom. The first-order chi connectivity index (χ1) is 5.39. The van der Waals surface area contributed by atoms with Crippen molar-refractivity contribution >= 4 is 23.2 Å². The summed E-state index contributed by atoms with van der Waals surface area (Å²) in [6, 6.07) is 0. The largest absolute Gasteiger partial charge is 0.339 e. The summed E-state index contributed by atoms with van der Waals surface area (Å²) in [5, 5.41) is 25.3. The lowest BCUT2D eigenvalue weighted by atomic mass is 10.2. The molecule has 0 bridgehead atoms. The van der Waals surface area contributed by atoms with Crippen molar-refractivity contribution in [3.8, 4) is 0 Å². The van der Waals surface area contributed by atoms with Gasteiger partial charge < -0.3 is 15.3 Å². The summed E-state index contributed by atoms with van der Waals surface area (Å²) in [5.74, 6) is -3.01. The molecule has 0 unspecified atom stereocenters. The van der Waals surface area contributed by atoms with Crippen LogP contribution in [0, 0.1) is 0 Å². The molecule has 0 fully saturated rings. The Balaban J connectivity index is 4.26. The molecule has 72 valence electrons. The van der Waals surface area contributed by atoms with Gasteiger partial charge in [-0.15, -0.1) is 0 Å². The van der Waals surface area contributed by atoms with Crippen LogP contribution >= 0.6 is 23.2 Å².